The zero-order chi connectivity index (χ0) is 17.7. The van der Waals surface area contributed by atoms with Crippen LogP contribution in [0.5, 0.6) is 0 Å². The average molecular weight is 359 g/mol. The van der Waals surface area contributed by atoms with Crippen molar-refractivity contribution in [1.82, 2.24) is 9.97 Å². The Morgan fingerprint density at radius 3 is 2.50 bits per heavy atom. The van der Waals surface area contributed by atoms with Crippen LogP contribution in [-0.4, -0.2) is 16.5 Å². The van der Waals surface area contributed by atoms with Gasteiger partial charge < -0.3 is 10.6 Å². The Labute approximate surface area is 143 Å². The minimum atomic E-state index is -4.44. The number of nitrogens with one attached hydrogen (secondary N) is 2. The van der Waals surface area contributed by atoms with E-state index in [4.69, 9.17) is 11.6 Å². The van der Waals surface area contributed by atoms with Gasteiger partial charge in [-0.15, -0.1) is 0 Å². The predicted molar refractivity (Wildman–Crippen MR) is 89.9 cm³/mol. The number of aromatic nitrogens is 2. The molecule has 0 spiro atoms. The minimum absolute atomic E-state index is 0.143. The van der Waals surface area contributed by atoms with E-state index >= 15 is 0 Å². The molecule has 130 valence electrons. The SMILES string of the molecule is CCCCNc1cc(Nc2cc(C(F)(F)F)ccc2Cl)nc(C)n1. The van der Waals surface area contributed by atoms with Gasteiger partial charge in [0, 0.05) is 12.6 Å². The lowest BCUT2D eigenvalue weighted by Gasteiger charge is -2.13. The number of aryl methyl sites for hydroxylation is 1. The summed E-state index contributed by atoms with van der Waals surface area (Å²) >= 11 is 5.99. The van der Waals surface area contributed by atoms with Crippen molar-refractivity contribution in [1.29, 1.82) is 0 Å². The summed E-state index contributed by atoms with van der Waals surface area (Å²) < 4.78 is 38.5. The Bertz CT molecular complexity index is 704. The fourth-order valence-electron chi connectivity index (χ4n) is 2.05. The van der Waals surface area contributed by atoms with Crippen LogP contribution >= 0.6 is 11.6 Å². The molecule has 1 heterocycles. The third-order valence-corrected chi connectivity index (χ3v) is 3.56. The maximum absolute atomic E-state index is 12.8. The molecule has 0 amide bonds. The maximum atomic E-state index is 12.8. The van der Waals surface area contributed by atoms with Gasteiger partial charge in [-0.1, -0.05) is 24.9 Å². The largest absolute Gasteiger partial charge is 0.416 e. The zero-order valence-electron chi connectivity index (χ0n) is 13.3. The highest BCUT2D eigenvalue weighted by Gasteiger charge is 2.31. The maximum Gasteiger partial charge on any atom is 0.416 e. The summed E-state index contributed by atoms with van der Waals surface area (Å²) in [4.78, 5) is 8.44. The second-order valence-electron chi connectivity index (χ2n) is 5.28. The molecule has 0 saturated heterocycles. The molecule has 24 heavy (non-hydrogen) atoms. The Morgan fingerprint density at radius 2 is 1.83 bits per heavy atom. The van der Waals surface area contributed by atoms with Crippen LogP contribution < -0.4 is 10.6 Å². The first kappa shape index (κ1) is 18.3. The number of rotatable bonds is 6. The van der Waals surface area contributed by atoms with Crippen molar-refractivity contribution in [2.75, 3.05) is 17.2 Å². The molecule has 0 fully saturated rings. The lowest BCUT2D eigenvalue weighted by atomic mass is 10.2. The van der Waals surface area contributed by atoms with Gasteiger partial charge in [-0.3, -0.25) is 0 Å². The molecular weight excluding hydrogens is 341 g/mol. The summed E-state index contributed by atoms with van der Waals surface area (Å²) in [6, 6.07) is 4.75. The lowest BCUT2D eigenvalue weighted by Crippen LogP contribution is -2.07. The number of anilines is 3. The summed E-state index contributed by atoms with van der Waals surface area (Å²) in [6.07, 6.45) is -2.40. The molecule has 2 aromatic rings. The van der Waals surface area contributed by atoms with Crippen LogP contribution in [0.3, 0.4) is 0 Å². The summed E-state index contributed by atoms with van der Waals surface area (Å²) in [5.41, 5.74) is -0.634. The van der Waals surface area contributed by atoms with Crippen molar-refractivity contribution >= 4 is 28.9 Å². The number of hydrogen-bond donors (Lipinski definition) is 2. The van der Waals surface area contributed by atoms with E-state index in [1.165, 1.54) is 6.07 Å². The number of halogens is 4. The highest BCUT2D eigenvalue weighted by molar-refractivity contribution is 6.33. The third-order valence-electron chi connectivity index (χ3n) is 3.23. The second-order valence-corrected chi connectivity index (χ2v) is 5.69. The average Bonchev–Trinajstić information content (AvgIpc) is 2.48. The Kier molecular flexibility index (Phi) is 5.88. The smallest absolute Gasteiger partial charge is 0.370 e. The van der Waals surface area contributed by atoms with E-state index in [9.17, 15) is 13.2 Å². The van der Waals surface area contributed by atoms with E-state index in [0.29, 0.717) is 17.5 Å². The van der Waals surface area contributed by atoms with E-state index < -0.39 is 11.7 Å². The van der Waals surface area contributed by atoms with Crippen LogP contribution in [0.1, 0.15) is 31.2 Å². The van der Waals surface area contributed by atoms with Gasteiger partial charge in [-0.2, -0.15) is 13.2 Å². The molecule has 0 aliphatic carbocycles. The van der Waals surface area contributed by atoms with Crippen molar-refractivity contribution < 1.29 is 13.2 Å². The highest BCUT2D eigenvalue weighted by Crippen LogP contribution is 2.34. The zero-order valence-corrected chi connectivity index (χ0v) is 14.1. The monoisotopic (exact) mass is 358 g/mol. The fourth-order valence-corrected chi connectivity index (χ4v) is 2.22. The van der Waals surface area contributed by atoms with Gasteiger partial charge >= 0.3 is 6.18 Å². The number of benzene rings is 1. The number of unbranched alkanes of at least 4 members (excludes halogenated alkanes) is 1. The number of hydrogen-bond acceptors (Lipinski definition) is 4. The van der Waals surface area contributed by atoms with Crippen LogP contribution in [0.2, 0.25) is 5.02 Å². The Balaban J connectivity index is 2.24. The van der Waals surface area contributed by atoms with Gasteiger partial charge in [0.05, 0.1) is 16.3 Å². The first-order valence-corrected chi connectivity index (χ1v) is 7.90. The normalized spacial score (nSPS) is 11.4. The molecule has 2 N–H and O–H groups in total. The molecule has 0 radical (unpaired) electrons. The van der Waals surface area contributed by atoms with Crippen molar-refractivity contribution in [3.8, 4) is 0 Å². The molecule has 0 aliphatic heterocycles. The molecule has 0 atom stereocenters. The summed E-state index contributed by atoms with van der Waals surface area (Å²) in [6.45, 7) is 4.55. The molecule has 1 aromatic heterocycles. The summed E-state index contributed by atoms with van der Waals surface area (Å²) in [7, 11) is 0. The molecule has 0 unspecified atom stereocenters. The fraction of sp³-hybridized carbons (Fsp3) is 0.375. The van der Waals surface area contributed by atoms with Gasteiger partial charge in [0.25, 0.3) is 0 Å². The van der Waals surface area contributed by atoms with Gasteiger partial charge in [0.15, 0.2) is 0 Å². The van der Waals surface area contributed by atoms with Gasteiger partial charge in [0.2, 0.25) is 0 Å². The minimum Gasteiger partial charge on any atom is -0.370 e. The van der Waals surface area contributed by atoms with Gasteiger partial charge in [-0.05, 0) is 31.5 Å². The molecule has 4 nitrogen and oxygen atoms in total. The summed E-state index contributed by atoms with van der Waals surface area (Å²) in [5.74, 6) is 1.49. The van der Waals surface area contributed by atoms with E-state index in [1.54, 1.807) is 13.0 Å². The van der Waals surface area contributed by atoms with Crippen LogP contribution in [0.25, 0.3) is 0 Å². The van der Waals surface area contributed by atoms with E-state index in [0.717, 1.165) is 31.5 Å². The summed E-state index contributed by atoms with van der Waals surface area (Å²) in [5, 5.41) is 6.17. The van der Waals surface area contributed by atoms with Crippen molar-refractivity contribution in [2.24, 2.45) is 0 Å². The lowest BCUT2D eigenvalue weighted by molar-refractivity contribution is -0.137. The van der Waals surface area contributed by atoms with E-state index in [1.807, 2.05) is 0 Å². The number of alkyl halides is 3. The molecule has 1 aromatic carbocycles. The van der Waals surface area contributed by atoms with Gasteiger partial charge in [0.1, 0.15) is 17.5 Å². The molecule has 0 saturated carbocycles. The van der Waals surface area contributed by atoms with Crippen LogP contribution in [-0.2, 0) is 6.18 Å². The molecule has 2 rings (SSSR count). The van der Waals surface area contributed by atoms with Crippen LogP contribution in [0, 0.1) is 6.92 Å². The molecule has 8 heteroatoms. The highest BCUT2D eigenvalue weighted by atomic mass is 35.5. The van der Waals surface area contributed by atoms with Crippen molar-refractivity contribution in [3.63, 3.8) is 0 Å². The van der Waals surface area contributed by atoms with Crippen LogP contribution in [0.15, 0.2) is 24.3 Å². The Morgan fingerprint density at radius 1 is 1.12 bits per heavy atom. The Hall–Kier alpha value is -2.02. The third kappa shape index (κ3) is 4.99. The molecule has 0 aliphatic rings. The first-order valence-electron chi connectivity index (χ1n) is 7.53. The quantitative estimate of drug-likeness (QED) is 0.677. The van der Waals surface area contributed by atoms with E-state index in [2.05, 4.69) is 27.5 Å². The van der Waals surface area contributed by atoms with E-state index in [-0.39, 0.29) is 10.7 Å². The van der Waals surface area contributed by atoms with Crippen molar-refractivity contribution in [3.05, 3.63) is 40.7 Å². The van der Waals surface area contributed by atoms with Gasteiger partial charge in [-0.25, -0.2) is 9.97 Å². The standard InChI is InChI=1S/C16H18ClF3N4/c1-3-4-7-21-14-9-15(23-10(2)22-14)24-13-8-11(16(18,19)20)5-6-12(13)17/h5-6,8-9H,3-4,7H2,1-2H3,(H2,21,22,23,24). The van der Waals surface area contributed by atoms with Crippen molar-refractivity contribution in [2.45, 2.75) is 32.9 Å². The topological polar surface area (TPSA) is 49.8 Å². The predicted octanol–water partition coefficient (Wildman–Crippen LogP) is 5.41. The second kappa shape index (κ2) is 7.70. The first-order chi connectivity index (χ1) is 11.3. The molecule has 0 bridgehead atoms. The van der Waals surface area contributed by atoms with Crippen LogP contribution in [0.4, 0.5) is 30.5 Å². The molecular formula is C16H18ClF3N4. The number of nitrogens with zero attached hydrogens (tertiary/aromatic N) is 2.